The first-order valence-corrected chi connectivity index (χ1v) is 5.26. The second kappa shape index (κ2) is 4.69. The molecule has 0 spiro atoms. The normalized spacial score (nSPS) is 20.0. The van der Waals surface area contributed by atoms with Crippen LogP contribution in [0, 0.1) is 0 Å². The van der Waals surface area contributed by atoms with Crippen molar-refractivity contribution in [2.45, 2.75) is 19.6 Å². The lowest BCUT2D eigenvalue weighted by Crippen LogP contribution is -2.40. The van der Waals surface area contributed by atoms with Crippen molar-refractivity contribution in [2.24, 2.45) is 5.73 Å². The van der Waals surface area contributed by atoms with E-state index in [0.717, 1.165) is 0 Å². The molecular formula is C9H15NO2S. The molecule has 1 aliphatic heterocycles. The van der Waals surface area contributed by atoms with Gasteiger partial charge in [0.05, 0.1) is 5.70 Å². The second-order valence-corrected chi connectivity index (χ2v) is 3.33. The maximum absolute atomic E-state index is 5.83. The summed E-state index contributed by atoms with van der Waals surface area (Å²) in [5, 5.41) is 3.76. The van der Waals surface area contributed by atoms with Crippen LogP contribution in [-0.4, -0.2) is 19.0 Å². The summed E-state index contributed by atoms with van der Waals surface area (Å²) in [7, 11) is 0. The van der Waals surface area contributed by atoms with Gasteiger partial charge < -0.3 is 15.2 Å². The fourth-order valence-corrected chi connectivity index (χ4v) is 1.80. The third-order valence-electron chi connectivity index (χ3n) is 1.68. The van der Waals surface area contributed by atoms with Crippen LogP contribution in [0.3, 0.4) is 0 Å². The second-order valence-electron chi connectivity index (χ2n) is 2.55. The molecule has 1 rings (SSSR count). The zero-order valence-corrected chi connectivity index (χ0v) is 8.76. The lowest BCUT2D eigenvalue weighted by Gasteiger charge is -2.31. The molecular weight excluding hydrogens is 186 g/mol. The van der Waals surface area contributed by atoms with Crippen molar-refractivity contribution in [1.29, 1.82) is 0 Å². The summed E-state index contributed by atoms with van der Waals surface area (Å²) >= 11 is 1.53. The molecule has 13 heavy (non-hydrogen) atoms. The summed E-state index contributed by atoms with van der Waals surface area (Å²) < 4.78 is 11.0. The topological polar surface area (TPSA) is 44.5 Å². The SMILES string of the molecule is CCOC1(OCC)C=CSC=C1N. The third-order valence-corrected chi connectivity index (χ3v) is 2.36. The minimum atomic E-state index is -0.825. The van der Waals surface area contributed by atoms with Crippen LogP contribution in [0.4, 0.5) is 0 Å². The highest BCUT2D eigenvalue weighted by molar-refractivity contribution is 8.05. The number of hydrogen-bond acceptors (Lipinski definition) is 4. The molecule has 74 valence electrons. The van der Waals surface area contributed by atoms with Gasteiger partial charge in [0, 0.05) is 13.2 Å². The molecule has 0 aromatic rings. The summed E-state index contributed by atoms with van der Waals surface area (Å²) in [6.07, 6.45) is 1.85. The summed E-state index contributed by atoms with van der Waals surface area (Å²) in [5.74, 6) is -0.825. The maximum atomic E-state index is 5.83. The van der Waals surface area contributed by atoms with Crippen molar-refractivity contribution in [3.05, 3.63) is 22.6 Å². The van der Waals surface area contributed by atoms with Crippen molar-refractivity contribution >= 4 is 11.8 Å². The van der Waals surface area contributed by atoms with Gasteiger partial charge in [0.2, 0.25) is 5.79 Å². The van der Waals surface area contributed by atoms with Crippen molar-refractivity contribution in [3.63, 3.8) is 0 Å². The average Bonchev–Trinajstić information content (AvgIpc) is 2.11. The third kappa shape index (κ3) is 2.27. The maximum Gasteiger partial charge on any atom is 0.231 e. The van der Waals surface area contributed by atoms with Crippen LogP contribution in [-0.2, 0) is 9.47 Å². The summed E-state index contributed by atoms with van der Waals surface area (Å²) in [6.45, 7) is 4.99. The quantitative estimate of drug-likeness (QED) is 0.705. The van der Waals surface area contributed by atoms with E-state index >= 15 is 0 Å². The molecule has 0 radical (unpaired) electrons. The Hall–Kier alpha value is -0.450. The molecule has 4 heteroatoms. The van der Waals surface area contributed by atoms with Crippen molar-refractivity contribution < 1.29 is 9.47 Å². The van der Waals surface area contributed by atoms with Crippen LogP contribution in [0.1, 0.15) is 13.8 Å². The molecule has 0 unspecified atom stereocenters. The van der Waals surface area contributed by atoms with Crippen molar-refractivity contribution in [1.82, 2.24) is 0 Å². The summed E-state index contributed by atoms with van der Waals surface area (Å²) in [6, 6.07) is 0. The number of nitrogens with two attached hydrogens (primary N) is 1. The Morgan fingerprint density at radius 3 is 2.46 bits per heavy atom. The van der Waals surface area contributed by atoms with E-state index in [0.29, 0.717) is 18.9 Å². The van der Waals surface area contributed by atoms with E-state index in [2.05, 4.69) is 0 Å². The molecule has 0 atom stereocenters. The van der Waals surface area contributed by atoms with Crippen LogP contribution >= 0.6 is 11.8 Å². The first-order chi connectivity index (χ1) is 6.25. The van der Waals surface area contributed by atoms with Crippen LogP contribution in [0.5, 0.6) is 0 Å². The molecule has 0 fully saturated rings. The largest absolute Gasteiger partial charge is 0.397 e. The summed E-state index contributed by atoms with van der Waals surface area (Å²) in [4.78, 5) is 0. The van der Waals surface area contributed by atoms with Gasteiger partial charge in [-0.15, -0.1) is 11.8 Å². The molecule has 0 bridgehead atoms. The lowest BCUT2D eigenvalue weighted by molar-refractivity contribution is -0.173. The van der Waals surface area contributed by atoms with E-state index in [1.54, 1.807) is 0 Å². The van der Waals surface area contributed by atoms with Gasteiger partial charge in [0.1, 0.15) is 0 Å². The molecule has 0 aromatic heterocycles. The summed E-state index contributed by atoms with van der Waals surface area (Å²) in [5.41, 5.74) is 6.44. The van der Waals surface area contributed by atoms with E-state index < -0.39 is 5.79 Å². The van der Waals surface area contributed by atoms with E-state index in [-0.39, 0.29) is 0 Å². The highest BCUT2D eigenvalue weighted by Crippen LogP contribution is 2.29. The van der Waals surface area contributed by atoms with Gasteiger partial charge in [-0.25, -0.2) is 0 Å². The van der Waals surface area contributed by atoms with Gasteiger partial charge >= 0.3 is 0 Å². The van der Waals surface area contributed by atoms with Gasteiger partial charge in [-0.1, -0.05) is 0 Å². The van der Waals surface area contributed by atoms with E-state index in [4.69, 9.17) is 15.2 Å². The Kier molecular flexibility index (Phi) is 3.84. The van der Waals surface area contributed by atoms with Gasteiger partial charge in [-0.2, -0.15) is 0 Å². The van der Waals surface area contributed by atoms with Crippen LogP contribution in [0.25, 0.3) is 0 Å². The molecule has 2 N–H and O–H groups in total. The van der Waals surface area contributed by atoms with Gasteiger partial charge in [0.25, 0.3) is 0 Å². The Morgan fingerprint density at radius 1 is 1.38 bits per heavy atom. The highest BCUT2D eigenvalue weighted by Gasteiger charge is 2.33. The predicted molar refractivity (Wildman–Crippen MR) is 55.0 cm³/mol. The van der Waals surface area contributed by atoms with Crippen LogP contribution in [0.15, 0.2) is 22.6 Å². The molecule has 3 nitrogen and oxygen atoms in total. The first kappa shape index (κ1) is 10.6. The minimum absolute atomic E-state index is 0.573. The molecule has 0 amide bonds. The molecule has 0 saturated carbocycles. The zero-order chi connectivity index (χ0) is 9.73. The Bertz CT molecular complexity index is 220. The number of rotatable bonds is 4. The van der Waals surface area contributed by atoms with E-state index in [9.17, 15) is 0 Å². The monoisotopic (exact) mass is 201 g/mol. The van der Waals surface area contributed by atoms with E-state index in [1.807, 2.05) is 30.7 Å². The highest BCUT2D eigenvalue weighted by atomic mass is 32.2. The molecule has 1 heterocycles. The number of ether oxygens (including phenoxy) is 2. The van der Waals surface area contributed by atoms with Crippen molar-refractivity contribution in [3.8, 4) is 0 Å². The van der Waals surface area contributed by atoms with E-state index in [1.165, 1.54) is 11.8 Å². The van der Waals surface area contributed by atoms with Gasteiger partial charge in [0.15, 0.2) is 0 Å². The standard InChI is InChI=1S/C9H15NO2S/c1-3-11-9(12-4-2)5-6-13-7-8(9)10/h5-7H,3-4,10H2,1-2H3. The molecule has 0 aromatic carbocycles. The fraction of sp³-hybridized carbons (Fsp3) is 0.556. The zero-order valence-electron chi connectivity index (χ0n) is 7.95. The Morgan fingerprint density at radius 2 is 2.00 bits per heavy atom. The molecule has 1 aliphatic rings. The van der Waals surface area contributed by atoms with Crippen molar-refractivity contribution in [2.75, 3.05) is 13.2 Å². The van der Waals surface area contributed by atoms with Crippen LogP contribution < -0.4 is 5.73 Å². The minimum Gasteiger partial charge on any atom is -0.397 e. The van der Waals surface area contributed by atoms with Gasteiger partial charge in [-0.05, 0) is 30.7 Å². The Labute approximate surface area is 83.0 Å². The van der Waals surface area contributed by atoms with Gasteiger partial charge in [-0.3, -0.25) is 0 Å². The molecule has 0 saturated heterocycles. The molecule has 0 aliphatic carbocycles. The lowest BCUT2D eigenvalue weighted by atomic mass is 10.2. The number of thioether (sulfide) groups is 1. The fourth-order valence-electron chi connectivity index (χ4n) is 1.15. The number of hydrogen-bond donors (Lipinski definition) is 1. The smallest absolute Gasteiger partial charge is 0.231 e. The predicted octanol–water partition coefficient (Wildman–Crippen LogP) is 1.82. The Balaban J connectivity index is 2.80. The first-order valence-electron chi connectivity index (χ1n) is 4.32. The van der Waals surface area contributed by atoms with Crippen LogP contribution in [0.2, 0.25) is 0 Å². The average molecular weight is 201 g/mol.